The minimum atomic E-state index is -0.833. The molecule has 0 heterocycles. The van der Waals surface area contributed by atoms with Gasteiger partial charge in [0.1, 0.15) is 12.4 Å². The van der Waals surface area contributed by atoms with Gasteiger partial charge < -0.3 is 20.4 Å². The van der Waals surface area contributed by atoms with Gasteiger partial charge in [0.2, 0.25) is 5.91 Å². The second-order valence-corrected chi connectivity index (χ2v) is 10.6. The van der Waals surface area contributed by atoms with E-state index in [1.165, 1.54) is 19.3 Å². The molecule has 0 bridgehead atoms. The van der Waals surface area contributed by atoms with E-state index >= 15 is 0 Å². The average Bonchev–Trinajstić information content (AvgIpc) is 3.18. The number of benzene rings is 1. The number of aliphatic hydroxyl groups excluding tert-OH is 2. The van der Waals surface area contributed by atoms with Gasteiger partial charge in [0.05, 0.1) is 12.2 Å². The van der Waals surface area contributed by atoms with Crippen LogP contribution in [0.25, 0.3) is 0 Å². The zero-order chi connectivity index (χ0) is 28.5. The number of Topliss-reactive ketones (excluding diaryl/α,β-unsaturated/α-hetero) is 1. The summed E-state index contributed by atoms with van der Waals surface area (Å²) in [5.74, 6) is 0.0662. The highest BCUT2D eigenvalue weighted by Crippen LogP contribution is 2.38. The number of amides is 1. The summed E-state index contributed by atoms with van der Waals surface area (Å²) in [7, 11) is 0. The van der Waals surface area contributed by atoms with Crippen LogP contribution in [0.2, 0.25) is 0 Å². The van der Waals surface area contributed by atoms with E-state index in [1.807, 2.05) is 18.2 Å². The van der Waals surface area contributed by atoms with Gasteiger partial charge in [-0.2, -0.15) is 0 Å². The molecule has 0 spiro atoms. The lowest BCUT2D eigenvalue weighted by Crippen LogP contribution is -2.22. The van der Waals surface area contributed by atoms with Crippen molar-refractivity contribution >= 4 is 11.7 Å². The van der Waals surface area contributed by atoms with Gasteiger partial charge in [-0.15, -0.1) is 10.1 Å². The zero-order valence-electron chi connectivity index (χ0n) is 23.3. The normalized spacial score (nSPS) is 20.8. The molecule has 1 amide bonds. The lowest BCUT2D eigenvalue weighted by atomic mass is 9.86. The number of nitrogens with one attached hydrogen (secondary N) is 1. The third kappa shape index (κ3) is 13.2. The molecule has 0 aromatic heterocycles. The van der Waals surface area contributed by atoms with Gasteiger partial charge in [0, 0.05) is 25.8 Å². The molecule has 1 aromatic carbocycles. The minimum Gasteiger partial charge on any atom is -0.393 e. The Kier molecular flexibility index (Phi) is 15.4. The van der Waals surface area contributed by atoms with Crippen molar-refractivity contribution in [1.29, 1.82) is 0 Å². The molecular formula is C30H46N2O7. The van der Waals surface area contributed by atoms with Crippen LogP contribution in [0.15, 0.2) is 36.4 Å². The van der Waals surface area contributed by atoms with Crippen LogP contribution < -0.4 is 5.32 Å². The predicted octanol–water partition coefficient (Wildman–Crippen LogP) is 5.20. The number of nitrogens with zero attached hydrogens (tertiary/aromatic N) is 1. The molecule has 0 unspecified atom stereocenters. The number of rotatable bonds is 20. The van der Waals surface area contributed by atoms with Crippen LogP contribution in [0.4, 0.5) is 0 Å². The summed E-state index contributed by atoms with van der Waals surface area (Å²) in [6.45, 7) is 2.38. The Morgan fingerprint density at radius 2 is 1.77 bits per heavy atom. The van der Waals surface area contributed by atoms with Crippen LogP contribution in [0.3, 0.4) is 0 Å². The Hall–Kier alpha value is -2.78. The Bertz CT molecular complexity index is 920. The van der Waals surface area contributed by atoms with E-state index in [9.17, 15) is 29.9 Å². The maximum absolute atomic E-state index is 12.3. The number of aliphatic hydroxyl groups is 2. The van der Waals surface area contributed by atoms with Crippen molar-refractivity contribution in [3.8, 4) is 0 Å². The van der Waals surface area contributed by atoms with Gasteiger partial charge in [0.25, 0.3) is 5.09 Å². The highest BCUT2D eigenvalue weighted by Gasteiger charge is 2.40. The van der Waals surface area contributed by atoms with Crippen LogP contribution in [0.1, 0.15) is 102 Å². The first-order chi connectivity index (χ1) is 18.8. The Balaban J connectivity index is 1.64. The van der Waals surface area contributed by atoms with E-state index in [2.05, 4.69) is 17.1 Å². The highest BCUT2D eigenvalue weighted by molar-refractivity contribution is 5.78. The van der Waals surface area contributed by atoms with Gasteiger partial charge in [-0.1, -0.05) is 69.0 Å². The first kappa shape index (κ1) is 32.4. The van der Waals surface area contributed by atoms with Crippen molar-refractivity contribution in [3.05, 3.63) is 57.7 Å². The lowest BCUT2D eigenvalue weighted by molar-refractivity contribution is -0.763. The van der Waals surface area contributed by atoms with E-state index in [1.54, 1.807) is 18.2 Å². The summed E-state index contributed by atoms with van der Waals surface area (Å²) in [6, 6.07) is 7.09. The number of carbonyl (C=O) groups excluding carboxylic acids is 2. The van der Waals surface area contributed by atoms with E-state index in [-0.39, 0.29) is 30.1 Å². The number of hydrogen-bond donors (Lipinski definition) is 3. The Labute approximate surface area is 232 Å². The fourth-order valence-corrected chi connectivity index (χ4v) is 5.28. The van der Waals surface area contributed by atoms with Crippen LogP contribution in [0, 0.1) is 22.0 Å². The molecule has 218 valence electrons. The van der Waals surface area contributed by atoms with Crippen molar-refractivity contribution < 1.29 is 29.7 Å². The second-order valence-electron chi connectivity index (χ2n) is 10.6. The Morgan fingerprint density at radius 3 is 2.54 bits per heavy atom. The van der Waals surface area contributed by atoms with Crippen LogP contribution in [0.5, 0.6) is 0 Å². The minimum absolute atomic E-state index is 0.0524. The van der Waals surface area contributed by atoms with Crippen LogP contribution in [-0.4, -0.2) is 39.2 Å². The largest absolute Gasteiger partial charge is 0.393 e. The van der Waals surface area contributed by atoms with Gasteiger partial charge in [-0.3, -0.25) is 9.59 Å². The number of carbonyl (C=O) groups is 2. The summed E-state index contributed by atoms with van der Waals surface area (Å²) in [5, 5.41) is 33.3. The molecule has 1 aliphatic carbocycles. The molecule has 1 aliphatic rings. The fourth-order valence-electron chi connectivity index (χ4n) is 5.28. The number of allylic oxidation sites excluding steroid dienone is 2. The lowest BCUT2D eigenvalue weighted by Gasteiger charge is -2.22. The second kappa shape index (κ2) is 18.5. The standard InChI is InChI=1S/C30H46N2O7/c1-2-3-4-5-8-14-25(33)17-18-27-26(28(34)20-29(27)35)15-9-6-7-10-16-30(36)31-21-23-12-11-13-24(19-23)22-39-32(37)38/h6,9,11-13,19,26-29,34-35H,2-5,7-8,10,14-18,20-22H2,1H3,(H,31,36)/b9-6-/t26-,27-,28+,29-/m1/s1. The molecule has 1 aromatic rings. The van der Waals surface area contributed by atoms with E-state index in [0.717, 1.165) is 24.8 Å². The summed E-state index contributed by atoms with van der Waals surface area (Å²) in [4.78, 5) is 39.2. The quantitative estimate of drug-likeness (QED) is 0.0884. The monoisotopic (exact) mass is 546 g/mol. The molecule has 9 heteroatoms. The van der Waals surface area contributed by atoms with Crippen molar-refractivity contribution in [2.24, 2.45) is 11.8 Å². The summed E-state index contributed by atoms with van der Waals surface area (Å²) in [5.41, 5.74) is 1.50. The highest BCUT2D eigenvalue weighted by atomic mass is 16.9. The molecule has 1 saturated carbocycles. The summed E-state index contributed by atoms with van der Waals surface area (Å²) >= 11 is 0. The van der Waals surface area contributed by atoms with Gasteiger partial charge in [-0.25, -0.2) is 0 Å². The van der Waals surface area contributed by atoms with Gasteiger partial charge >= 0.3 is 0 Å². The fraction of sp³-hybridized carbons (Fsp3) is 0.667. The molecule has 39 heavy (non-hydrogen) atoms. The molecule has 3 N–H and O–H groups in total. The van der Waals surface area contributed by atoms with E-state index in [0.29, 0.717) is 57.1 Å². The molecule has 0 aliphatic heterocycles. The molecule has 0 radical (unpaired) electrons. The Morgan fingerprint density at radius 1 is 1.03 bits per heavy atom. The average molecular weight is 547 g/mol. The third-order valence-corrected chi connectivity index (χ3v) is 7.50. The maximum Gasteiger partial charge on any atom is 0.294 e. The van der Waals surface area contributed by atoms with E-state index < -0.39 is 17.3 Å². The van der Waals surface area contributed by atoms with Gasteiger partial charge in [0.15, 0.2) is 0 Å². The van der Waals surface area contributed by atoms with Crippen LogP contribution >= 0.6 is 0 Å². The predicted molar refractivity (Wildman–Crippen MR) is 149 cm³/mol. The molecule has 9 nitrogen and oxygen atoms in total. The van der Waals surface area contributed by atoms with Crippen molar-refractivity contribution in [2.75, 3.05) is 0 Å². The number of ketones is 1. The van der Waals surface area contributed by atoms with Crippen LogP contribution in [-0.2, 0) is 27.6 Å². The summed E-state index contributed by atoms with van der Waals surface area (Å²) in [6.07, 6.45) is 13.0. The zero-order valence-corrected chi connectivity index (χ0v) is 23.3. The SMILES string of the molecule is CCCCCCCC(=O)CC[C@@H]1[C@@H](C/C=C\CCCC(=O)NCc2cccc(CO[N+](=O)[O-])c2)[C@@H](O)C[C@H]1O. The molecular weight excluding hydrogens is 500 g/mol. The summed E-state index contributed by atoms with van der Waals surface area (Å²) < 4.78 is 0. The molecule has 2 rings (SSSR count). The van der Waals surface area contributed by atoms with Crippen molar-refractivity contribution in [3.63, 3.8) is 0 Å². The third-order valence-electron chi connectivity index (χ3n) is 7.50. The molecule has 0 saturated heterocycles. The number of hydrogen-bond acceptors (Lipinski definition) is 7. The molecule has 4 atom stereocenters. The smallest absolute Gasteiger partial charge is 0.294 e. The topological polar surface area (TPSA) is 139 Å². The molecule has 1 fully saturated rings. The van der Waals surface area contributed by atoms with Gasteiger partial charge in [-0.05, 0) is 61.5 Å². The van der Waals surface area contributed by atoms with Crippen molar-refractivity contribution in [2.45, 2.75) is 116 Å². The first-order valence-electron chi connectivity index (χ1n) is 14.4. The van der Waals surface area contributed by atoms with Crippen molar-refractivity contribution in [1.82, 2.24) is 5.32 Å². The first-order valence-corrected chi connectivity index (χ1v) is 14.4. The van der Waals surface area contributed by atoms with E-state index in [4.69, 9.17) is 0 Å². The maximum atomic E-state index is 12.3. The number of unbranched alkanes of at least 4 members (excludes halogenated alkanes) is 5.